The number of benzene rings is 1. The molecule has 0 radical (unpaired) electrons. The Morgan fingerprint density at radius 3 is 2.65 bits per heavy atom. The molecule has 1 saturated carbocycles. The quantitative estimate of drug-likeness (QED) is 0.789. The zero-order valence-corrected chi connectivity index (χ0v) is 11.3. The van der Waals surface area contributed by atoms with E-state index in [-0.39, 0.29) is 12.1 Å². The number of ether oxygens (including phenoxy) is 1. The topological polar surface area (TPSA) is 69.9 Å². The van der Waals surface area contributed by atoms with E-state index in [4.69, 9.17) is 4.74 Å². The minimum absolute atomic E-state index is 0.145. The van der Waals surface area contributed by atoms with Gasteiger partial charge in [0, 0.05) is 12.6 Å². The van der Waals surface area contributed by atoms with Crippen LogP contribution in [-0.2, 0) is 23.0 Å². The molecule has 6 heteroatoms. The van der Waals surface area contributed by atoms with Crippen LogP contribution in [-0.4, -0.2) is 32.3 Å². The fourth-order valence-electron chi connectivity index (χ4n) is 2.13. The van der Waals surface area contributed by atoms with Gasteiger partial charge in [-0.1, -0.05) is 24.3 Å². The van der Waals surface area contributed by atoms with E-state index in [1.807, 2.05) is 24.3 Å². The molecule has 1 fully saturated rings. The van der Waals surface area contributed by atoms with Gasteiger partial charge in [0.15, 0.2) is 5.82 Å². The molecule has 2 aromatic rings. The number of aryl methyl sites for hydroxylation is 1. The van der Waals surface area contributed by atoms with Gasteiger partial charge >= 0.3 is 5.97 Å². The lowest BCUT2D eigenvalue weighted by Crippen LogP contribution is -2.25. The Morgan fingerprint density at radius 2 is 2.10 bits per heavy atom. The predicted octanol–water partition coefficient (Wildman–Crippen LogP) is 1.52. The van der Waals surface area contributed by atoms with Gasteiger partial charge in [0.2, 0.25) is 0 Å². The molecule has 0 spiro atoms. The predicted molar refractivity (Wildman–Crippen MR) is 71.7 cm³/mol. The molecule has 3 rings (SSSR count). The monoisotopic (exact) mass is 272 g/mol. The highest BCUT2D eigenvalue weighted by Crippen LogP contribution is 2.22. The molecule has 6 nitrogen and oxygen atoms in total. The third-order valence-electron chi connectivity index (χ3n) is 3.53. The van der Waals surface area contributed by atoms with Crippen LogP contribution in [0.5, 0.6) is 0 Å². The van der Waals surface area contributed by atoms with Crippen molar-refractivity contribution in [3.63, 3.8) is 0 Å². The molecule has 0 amide bonds. The summed E-state index contributed by atoms with van der Waals surface area (Å²) in [4.78, 5) is 11.7. The van der Waals surface area contributed by atoms with Crippen molar-refractivity contribution in [3.05, 3.63) is 29.8 Å². The number of nitrogens with zero attached hydrogens (tertiary/aromatic N) is 4. The van der Waals surface area contributed by atoms with Crippen LogP contribution in [0.1, 0.15) is 24.8 Å². The smallest absolute Gasteiger partial charge is 0.310 e. The van der Waals surface area contributed by atoms with Crippen LogP contribution < -0.4 is 0 Å². The third-order valence-corrected chi connectivity index (χ3v) is 3.53. The normalized spacial score (nSPS) is 14.8. The number of tetrazole rings is 1. The highest BCUT2D eigenvalue weighted by Gasteiger charge is 2.21. The van der Waals surface area contributed by atoms with Crippen molar-refractivity contribution in [1.29, 1.82) is 0 Å². The van der Waals surface area contributed by atoms with Crippen LogP contribution >= 0.6 is 0 Å². The van der Waals surface area contributed by atoms with E-state index in [1.165, 1.54) is 6.42 Å². The third kappa shape index (κ3) is 2.68. The van der Waals surface area contributed by atoms with Gasteiger partial charge in [-0.05, 0) is 35.3 Å². The number of rotatable bonds is 4. The van der Waals surface area contributed by atoms with Crippen molar-refractivity contribution in [3.8, 4) is 11.4 Å². The van der Waals surface area contributed by atoms with Gasteiger partial charge in [0.05, 0.1) is 6.42 Å². The van der Waals surface area contributed by atoms with Crippen molar-refractivity contribution in [2.45, 2.75) is 31.8 Å². The molecule has 0 saturated heterocycles. The molecule has 1 aliphatic rings. The van der Waals surface area contributed by atoms with Crippen LogP contribution in [0.15, 0.2) is 24.3 Å². The summed E-state index contributed by atoms with van der Waals surface area (Å²) in [6.07, 6.45) is 3.63. The fourth-order valence-corrected chi connectivity index (χ4v) is 2.13. The summed E-state index contributed by atoms with van der Waals surface area (Å²) in [5.41, 5.74) is 1.86. The Balaban J connectivity index is 1.64. The zero-order chi connectivity index (χ0) is 13.9. The number of carbonyl (C=O) groups is 1. The van der Waals surface area contributed by atoms with Gasteiger partial charge in [0.25, 0.3) is 0 Å². The number of hydrogen-bond donors (Lipinski definition) is 0. The summed E-state index contributed by atoms with van der Waals surface area (Å²) >= 11 is 0. The van der Waals surface area contributed by atoms with Crippen molar-refractivity contribution in [2.75, 3.05) is 0 Å². The van der Waals surface area contributed by atoms with Crippen LogP contribution in [0, 0.1) is 0 Å². The average Bonchev–Trinajstić information content (AvgIpc) is 2.81. The Hall–Kier alpha value is -2.24. The molecule has 1 aromatic carbocycles. The Morgan fingerprint density at radius 1 is 1.35 bits per heavy atom. The Kier molecular flexibility index (Phi) is 3.45. The molecule has 0 bridgehead atoms. The molecule has 1 aromatic heterocycles. The minimum atomic E-state index is -0.150. The van der Waals surface area contributed by atoms with E-state index in [9.17, 15) is 4.79 Å². The van der Waals surface area contributed by atoms with Gasteiger partial charge in [-0.15, -0.1) is 5.10 Å². The summed E-state index contributed by atoms with van der Waals surface area (Å²) in [5.74, 6) is 0.552. The fraction of sp³-hybridized carbons (Fsp3) is 0.429. The molecule has 0 atom stereocenters. The maximum Gasteiger partial charge on any atom is 0.310 e. The van der Waals surface area contributed by atoms with Gasteiger partial charge in [0.1, 0.15) is 6.10 Å². The lowest BCUT2D eigenvalue weighted by atomic mass is 9.96. The summed E-state index contributed by atoms with van der Waals surface area (Å²) < 4.78 is 6.95. The average molecular weight is 272 g/mol. The van der Waals surface area contributed by atoms with Gasteiger partial charge in [-0.2, -0.15) is 0 Å². The van der Waals surface area contributed by atoms with Crippen molar-refractivity contribution in [1.82, 2.24) is 20.2 Å². The molecule has 1 aliphatic carbocycles. The van der Waals surface area contributed by atoms with E-state index in [1.54, 1.807) is 11.7 Å². The summed E-state index contributed by atoms with van der Waals surface area (Å²) in [5, 5.41) is 11.3. The highest BCUT2D eigenvalue weighted by molar-refractivity contribution is 5.73. The Labute approximate surface area is 116 Å². The van der Waals surface area contributed by atoms with Crippen LogP contribution in [0.25, 0.3) is 11.4 Å². The lowest BCUT2D eigenvalue weighted by molar-refractivity contribution is -0.152. The largest absolute Gasteiger partial charge is 0.462 e. The molecule has 104 valence electrons. The maximum atomic E-state index is 11.7. The van der Waals surface area contributed by atoms with Crippen LogP contribution in [0.4, 0.5) is 0 Å². The van der Waals surface area contributed by atoms with Gasteiger partial charge in [-0.25, -0.2) is 4.68 Å². The first kappa shape index (κ1) is 12.8. The lowest BCUT2D eigenvalue weighted by Gasteiger charge is -2.25. The molecule has 0 N–H and O–H groups in total. The Bertz CT molecular complexity index is 602. The molecular weight excluding hydrogens is 256 g/mol. The van der Waals surface area contributed by atoms with E-state index < -0.39 is 0 Å². The first-order chi connectivity index (χ1) is 9.72. The van der Waals surface area contributed by atoms with Gasteiger partial charge < -0.3 is 4.74 Å². The second kappa shape index (κ2) is 5.40. The van der Waals surface area contributed by atoms with E-state index in [2.05, 4.69) is 15.5 Å². The summed E-state index contributed by atoms with van der Waals surface area (Å²) in [7, 11) is 1.79. The van der Waals surface area contributed by atoms with E-state index in [0.717, 1.165) is 24.0 Å². The zero-order valence-electron chi connectivity index (χ0n) is 11.3. The molecule has 20 heavy (non-hydrogen) atoms. The van der Waals surface area contributed by atoms with E-state index in [0.29, 0.717) is 12.2 Å². The minimum Gasteiger partial charge on any atom is -0.462 e. The first-order valence-electron chi connectivity index (χ1n) is 6.73. The SMILES string of the molecule is Cn1nnnc1-c1ccc(CC(=O)OC2CCC2)cc1. The van der Waals surface area contributed by atoms with Crippen molar-refractivity contribution in [2.24, 2.45) is 7.05 Å². The summed E-state index contributed by atoms with van der Waals surface area (Å²) in [6, 6.07) is 7.65. The van der Waals surface area contributed by atoms with Gasteiger partial charge in [-0.3, -0.25) is 4.79 Å². The van der Waals surface area contributed by atoms with Crippen molar-refractivity contribution < 1.29 is 9.53 Å². The standard InChI is InChI=1S/C14H16N4O2/c1-18-14(15-16-17-18)11-7-5-10(6-8-11)9-13(19)20-12-3-2-4-12/h5-8,12H,2-4,9H2,1H3. The second-order valence-corrected chi connectivity index (χ2v) is 5.04. The molecule has 0 aliphatic heterocycles. The summed E-state index contributed by atoms with van der Waals surface area (Å²) in [6.45, 7) is 0. The van der Waals surface area contributed by atoms with E-state index >= 15 is 0 Å². The second-order valence-electron chi connectivity index (χ2n) is 5.04. The van der Waals surface area contributed by atoms with Crippen LogP contribution in [0.3, 0.4) is 0 Å². The first-order valence-corrected chi connectivity index (χ1v) is 6.73. The highest BCUT2D eigenvalue weighted by atomic mass is 16.5. The number of aromatic nitrogens is 4. The molecule has 1 heterocycles. The molecule has 0 unspecified atom stereocenters. The van der Waals surface area contributed by atoms with Crippen molar-refractivity contribution >= 4 is 5.97 Å². The molecular formula is C14H16N4O2. The van der Waals surface area contributed by atoms with Crippen LogP contribution in [0.2, 0.25) is 0 Å². The maximum absolute atomic E-state index is 11.7. The number of esters is 1. The number of carbonyl (C=O) groups excluding carboxylic acids is 1. The number of hydrogen-bond acceptors (Lipinski definition) is 5.